The molecule has 0 bridgehead atoms. The van der Waals surface area contributed by atoms with E-state index < -0.39 is 5.60 Å². The fourth-order valence-electron chi connectivity index (χ4n) is 3.54. The standard InChI is InChI=1S/C21H24N2O3/c1-21(20-9-5-6-12-22-20)14-17(23-26-21)15-10-11-18(24-2)19(13-15)25-16-7-3-4-8-16/h5-6,9-14,16,23H,3-4,7-8H2,1-2H3. The van der Waals surface area contributed by atoms with Gasteiger partial charge in [0.05, 0.1) is 24.6 Å². The second-order valence-electron chi connectivity index (χ2n) is 6.97. The summed E-state index contributed by atoms with van der Waals surface area (Å²) in [5, 5.41) is 0. The monoisotopic (exact) mass is 352 g/mol. The van der Waals surface area contributed by atoms with Crippen LogP contribution in [0.3, 0.4) is 0 Å². The average molecular weight is 352 g/mol. The van der Waals surface area contributed by atoms with E-state index in [0.29, 0.717) is 0 Å². The molecule has 1 fully saturated rings. The highest BCUT2D eigenvalue weighted by molar-refractivity contribution is 5.68. The number of hydrogen-bond donors (Lipinski definition) is 1. The maximum Gasteiger partial charge on any atom is 0.162 e. The van der Waals surface area contributed by atoms with Gasteiger partial charge in [-0.2, -0.15) is 0 Å². The molecule has 1 aromatic heterocycles. The third kappa shape index (κ3) is 3.27. The minimum Gasteiger partial charge on any atom is -0.493 e. The first-order valence-electron chi connectivity index (χ1n) is 9.11. The molecule has 5 heteroatoms. The molecule has 4 rings (SSSR count). The minimum atomic E-state index is -0.608. The molecule has 0 amide bonds. The van der Waals surface area contributed by atoms with Crippen molar-refractivity contribution in [3.63, 3.8) is 0 Å². The van der Waals surface area contributed by atoms with Crippen molar-refractivity contribution in [1.29, 1.82) is 0 Å². The number of rotatable bonds is 5. The van der Waals surface area contributed by atoms with Gasteiger partial charge in [-0.25, -0.2) is 0 Å². The van der Waals surface area contributed by atoms with Crippen LogP contribution in [0.4, 0.5) is 0 Å². The molecule has 1 atom stereocenters. The lowest BCUT2D eigenvalue weighted by molar-refractivity contribution is -0.0278. The predicted octanol–water partition coefficient (Wildman–Crippen LogP) is 4.20. The van der Waals surface area contributed by atoms with Crippen molar-refractivity contribution < 1.29 is 14.3 Å². The van der Waals surface area contributed by atoms with Gasteiger partial charge >= 0.3 is 0 Å². The van der Waals surface area contributed by atoms with E-state index in [1.807, 2.05) is 43.3 Å². The summed E-state index contributed by atoms with van der Waals surface area (Å²) in [7, 11) is 1.67. The van der Waals surface area contributed by atoms with E-state index in [4.69, 9.17) is 14.3 Å². The smallest absolute Gasteiger partial charge is 0.162 e. The van der Waals surface area contributed by atoms with Gasteiger partial charge in [-0.05, 0) is 69.0 Å². The number of ether oxygens (including phenoxy) is 2. The molecule has 0 spiro atoms. The molecule has 26 heavy (non-hydrogen) atoms. The van der Waals surface area contributed by atoms with E-state index in [9.17, 15) is 0 Å². The van der Waals surface area contributed by atoms with Crippen LogP contribution < -0.4 is 15.0 Å². The van der Waals surface area contributed by atoms with Crippen LogP contribution >= 0.6 is 0 Å². The number of benzene rings is 1. The first-order valence-corrected chi connectivity index (χ1v) is 9.11. The van der Waals surface area contributed by atoms with Crippen molar-refractivity contribution in [1.82, 2.24) is 10.5 Å². The number of nitrogens with one attached hydrogen (secondary N) is 1. The number of pyridine rings is 1. The summed E-state index contributed by atoms with van der Waals surface area (Å²) in [5.74, 6) is 1.54. The van der Waals surface area contributed by atoms with Crippen LogP contribution in [0.5, 0.6) is 11.5 Å². The van der Waals surface area contributed by atoms with Crippen LogP contribution in [0, 0.1) is 0 Å². The summed E-state index contributed by atoms with van der Waals surface area (Å²) < 4.78 is 11.7. The lowest BCUT2D eigenvalue weighted by Crippen LogP contribution is -2.24. The number of methoxy groups -OCH3 is 1. The second-order valence-corrected chi connectivity index (χ2v) is 6.97. The predicted molar refractivity (Wildman–Crippen MR) is 99.7 cm³/mol. The highest BCUT2D eigenvalue weighted by atomic mass is 16.7. The van der Waals surface area contributed by atoms with E-state index in [0.717, 1.165) is 41.3 Å². The number of hydrogen-bond acceptors (Lipinski definition) is 5. The molecule has 1 aliphatic heterocycles. The van der Waals surface area contributed by atoms with Crippen molar-refractivity contribution in [2.24, 2.45) is 0 Å². The summed E-state index contributed by atoms with van der Waals surface area (Å²) in [6.45, 7) is 1.99. The Morgan fingerprint density at radius 3 is 2.73 bits per heavy atom. The van der Waals surface area contributed by atoms with Gasteiger partial charge in [-0.15, -0.1) is 0 Å². The van der Waals surface area contributed by atoms with Crippen LogP contribution in [-0.4, -0.2) is 18.2 Å². The second kappa shape index (κ2) is 7.00. The van der Waals surface area contributed by atoms with E-state index in [1.54, 1.807) is 13.3 Å². The Labute approximate surface area is 154 Å². The maximum absolute atomic E-state index is 6.20. The summed E-state index contributed by atoms with van der Waals surface area (Å²) in [4.78, 5) is 10.3. The molecule has 1 aromatic carbocycles. The lowest BCUT2D eigenvalue weighted by Gasteiger charge is -2.18. The molecule has 1 aliphatic carbocycles. The molecule has 1 saturated carbocycles. The minimum absolute atomic E-state index is 0.278. The molecule has 1 N–H and O–H groups in total. The van der Waals surface area contributed by atoms with E-state index in [-0.39, 0.29) is 6.10 Å². The molecule has 5 nitrogen and oxygen atoms in total. The zero-order chi connectivity index (χ0) is 18.0. The van der Waals surface area contributed by atoms with Crippen LogP contribution in [0.2, 0.25) is 0 Å². The third-order valence-corrected chi connectivity index (χ3v) is 5.04. The Hall–Kier alpha value is -2.53. The summed E-state index contributed by atoms with van der Waals surface area (Å²) >= 11 is 0. The zero-order valence-electron chi connectivity index (χ0n) is 15.2. The third-order valence-electron chi connectivity index (χ3n) is 5.04. The maximum atomic E-state index is 6.20. The summed E-state index contributed by atoms with van der Waals surface area (Å²) in [6.07, 6.45) is 8.78. The van der Waals surface area contributed by atoms with Crippen LogP contribution in [0.1, 0.15) is 43.9 Å². The molecular formula is C21H24N2O3. The Bertz CT molecular complexity index is 800. The summed E-state index contributed by atoms with van der Waals surface area (Å²) in [5.41, 5.74) is 5.20. The largest absolute Gasteiger partial charge is 0.493 e. The Morgan fingerprint density at radius 2 is 2.00 bits per heavy atom. The van der Waals surface area contributed by atoms with Crippen molar-refractivity contribution in [3.8, 4) is 11.5 Å². The topological polar surface area (TPSA) is 52.6 Å². The van der Waals surface area contributed by atoms with Crippen LogP contribution in [-0.2, 0) is 10.4 Å². The molecule has 2 heterocycles. The van der Waals surface area contributed by atoms with Gasteiger partial charge in [0.2, 0.25) is 0 Å². The van der Waals surface area contributed by atoms with E-state index in [1.165, 1.54) is 12.8 Å². The normalized spacial score (nSPS) is 22.8. The Balaban J connectivity index is 1.62. The van der Waals surface area contributed by atoms with Gasteiger partial charge in [0.25, 0.3) is 0 Å². The number of nitrogens with zero attached hydrogens (tertiary/aromatic N) is 1. The van der Waals surface area contributed by atoms with Crippen molar-refractivity contribution in [2.45, 2.75) is 44.3 Å². The van der Waals surface area contributed by atoms with Gasteiger partial charge in [-0.1, -0.05) is 6.07 Å². The first-order chi connectivity index (χ1) is 12.7. The fourth-order valence-corrected chi connectivity index (χ4v) is 3.54. The SMILES string of the molecule is COc1ccc(C2=CC(C)(c3ccccn3)ON2)cc1OC1CCCC1. The number of hydroxylamine groups is 1. The van der Waals surface area contributed by atoms with Gasteiger partial charge in [0.15, 0.2) is 17.1 Å². The molecule has 0 saturated heterocycles. The summed E-state index contributed by atoms with van der Waals surface area (Å²) in [6, 6.07) is 11.8. The number of aromatic nitrogens is 1. The fraction of sp³-hybridized carbons (Fsp3) is 0.381. The van der Waals surface area contributed by atoms with Crippen molar-refractivity contribution in [2.75, 3.05) is 7.11 Å². The quantitative estimate of drug-likeness (QED) is 0.874. The van der Waals surface area contributed by atoms with Gasteiger partial charge in [0.1, 0.15) is 0 Å². The van der Waals surface area contributed by atoms with Gasteiger partial charge in [0, 0.05) is 11.8 Å². The van der Waals surface area contributed by atoms with Gasteiger partial charge in [-0.3, -0.25) is 15.3 Å². The van der Waals surface area contributed by atoms with Crippen molar-refractivity contribution >= 4 is 5.70 Å². The van der Waals surface area contributed by atoms with Crippen LogP contribution in [0.15, 0.2) is 48.7 Å². The van der Waals surface area contributed by atoms with Crippen LogP contribution in [0.25, 0.3) is 5.70 Å². The zero-order valence-corrected chi connectivity index (χ0v) is 15.2. The highest BCUT2D eigenvalue weighted by Crippen LogP contribution is 2.37. The lowest BCUT2D eigenvalue weighted by atomic mass is 9.99. The Morgan fingerprint density at radius 1 is 1.15 bits per heavy atom. The van der Waals surface area contributed by atoms with Gasteiger partial charge < -0.3 is 9.47 Å². The van der Waals surface area contributed by atoms with Crippen molar-refractivity contribution in [3.05, 3.63) is 59.9 Å². The first kappa shape index (κ1) is 16.9. The highest BCUT2D eigenvalue weighted by Gasteiger charge is 2.33. The average Bonchev–Trinajstić information content (AvgIpc) is 3.33. The molecule has 2 aromatic rings. The molecule has 2 aliphatic rings. The molecule has 136 valence electrons. The molecule has 0 radical (unpaired) electrons. The molecular weight excluding hydrogens is 328 g/mol. The van der Waals surface area contributed by atoms with E-state index >= 15 is 0 Å². The Kier molecular flexibility index (Phi) is 4.55. The molecule has 1 unspecified atom stereocenters. The van der Waals surface area contributed by atoms with E-state index in [2.05, 4.69) is 16.5 Å².